The van der Waals surface area contributed by atoms with Crippen molar-refractivity contribution >= 4 is 21.6 Å². The highest BCUT2D eigenvalue weighted by molar-refractivity contribution is 7.16. The van der Waals surface area contributed by atoms with Gasteiger partial charge in [-0.3, -0.25) is 9.88 Å². The van der Waals surface area contributed by atoms with Crippen LogP contribution in [0.3, 0.4) is 0 Å². The minimum atomic E-state index is 0.400. The zero-order chi connectivity index (χ0) is 17.2. The number of hydrogen-bond acceptors (Lipinski definition) is 5. The summed E-state index contributed by atoms with van der Waals surface area (Å²) in [5.41, 5.74) is 8.22. The fourth-order valence-electron chi connectivity index (χ4n) is 3.66. The Morgan fingerprint density at radius 1 is 1.20 bits per heavy atom. The highest BCUT2D eigenvalue weighted by atomic mass is 32.1. The molecule has 1 aromatic carbocycles. The average molecular weight is 353 g/mol. The van der Waals surface area contributed by atoms with E-state index in [2.05, 4.69) is 52.5 Å². The minimum absolute atomic E-state index is 0.400. The molecular weight excluding hydrogens is 328 g/mol. The van der Waals surface area contributed by atoms with Crippen molar-refractivity contribution < 1.29 is 0 Å². The van der Waals surface area contributed by atoms with Gasteiger partial charge in [0.1, 0.15) is 0 Å². The summed E-state index contributed by atoms with van der Waals surface area (Å²) in [6.45, 7) is 5.28. The van der Waals surface area contributed by atoms with Crippen LogP contribution in [0.15, 0.2) is 35.8 Å². The van der Waals surface area contributed by atoms with E-state index in [4.69, 9.17) is 4.98 Å². The number of nitrogens with zero attached hydrogens (tertiary/aromatic N) is 3. The first-order valence-electron chi connectivity index (χ1n) is 8.94. The Hall–Kier alpha value is -1.82. The molecule has 1 aliphatic heterocycles. The van der Waals surface area contributed by atoms with Gasteiger partial charge in [-0.05, 0) is 49.7 Å². The second-order valence-corrected chi connectivity index (χ2v) is 7.62. The van der Waals surface area contributed by atoms with E-state index < -0.39 is 0 Å². The van der Waals surface area contributed by atoms with E-state index in [0.717, 1.165) is 43.7 Å². The van der Waals surface area contributed by atoms with Gasteiger partial charge in [0.15, 0.2) is 0 Å². The number of fused-ring (bicyclic) bond motifs is 2. The van der Waals surface area contributed by atoms with Gasteiger partial charge in [-0.1, -0.05) is 12.1 Å². The van der Waals surface area contributed by atoms with Gasteiger partial charge in [0.05, 0.1) is 21.4 Å². The number of nitrogens with one attached hydrogen (secondary N) is 1. The summed E-state index contributed by atoms with van der Waals surface area (Å²) in [4.78, 5) is 11.9. The lowest BCUT2D eigenvalue weighted by Gasteiger charge is -2.27. The largest absolute Gasteiger partial charge is 0.314 e. The molecule has 1 aliphatic rings. The van der Waals surface area contributed by atoms with Crippen molar-refractivity contribution in [1.82, 2.24) is 20.2 Å². The maximum Gasteiger partial charge on any atom is 0.0815 e. The van der Waals surface area contributed by atoms with Crippen LogP contribution in [-0.4, -0.2) is 35.0 Å². The topological polar surface area (TPSA) is 41.1 Å². The Morgan fingerprint density at radius 2 is 2.08 bits per heavy atom. The maximum atomic E-state index is 4.87. The smallest absolute Gasteiger partial charge is 0.0815 e. The third-order valence-electron chi connectivity index (χ3n) is 5.17. The van der Waals surface area contributed by atoms with E-state index in [1.165, 1.54) is 21.5 Å². The molecule has 0 aliphatic carbocycles. The van der Waals surface area contributed by atoms with Crippen LogP contribution in [0.2, 0.25) is 0 Å². The quantitative estimate of drug-likeness (QED) is 0.779. The molecule has 1 atom stereocenters. The Morgan fingerprint density at radius 3 is 2.96 bits per heavy atom. The summed E-state index contributed by atoms with van der Waals surface area (Å²) in [6.07, 6.45) is 2.10. The van der Waals surface area contributed by atoms with E-state index in [-0.39, 0.29) is 0 Å². The Balaban J connectivity index is 1.52. The van der Waals surface area contributed by atoms with Gasteiger partial charge in [0.2, 0.25) is 0 Å². The summed E-state index contributed by atoms with van der Waals surface area (Å²) in [5.74, 6) is 0. The van der Waals surface area contributed by atoms with E-state index >= 15 is 0 Å². The van der Waals surface area contributed by atoms with Crippen LogP contribution >= 0.6 is 11.3 Å². The Kier molecular flexibility index (Phi) is 4.79. The van der Waals surface area contributed by atoms with E-state index in [0.29, 0.717) is 6.04 Å². The number of hydrogen-bond donors (Lipinski definition) is 1. The van der Waals surface area contributed by atoms with Crippen LogP contribution in [0, 0.1) is 0 Å². The molecular formula is C20H24N4S. The van der Waals surface area contributed by atoms with E-state index in [9.17, 15) is 0 Å². The van der Waals surface area contributed by atoms with Crippen molar-refractivity contribution in [3.63, 3.8) is 0 Å². The maximum absolute atomic E-state index is 4.87. The molecule has 1 N–H and O–H groups in total. The molecule has 2 aromatic heterocycles. The Bertz CT molecular complexity index is 873. The van der Waals surface area contributed by atoms with Gasteiger partial charge in [-0.15, -0.1) is 11.3 Å². The van der Waals surface area contributed by atoms with Crippen LogP contribution < -0.4 is 5.32 Å². The molecule has 4 rings (SSSR count). The third-order valence-corrected chi connectivity index (χ3v) is 5.98. The highest BCUT2D eigenvalue weighted by Gasteiger charge is 2.21. The number of rotatable bonds is 4. The normalized spacial score (nSPS) is 16.6. The zero-order valence-electron chi connectivity index (χ0n) is 14.8. The lowest BCUT2D eigenvalue weighted by Crippen LogP contribution is -2.29. The van der Waals surface area contributed by atoms with Crippen LogP contribution in [0.1, 0.15) is 35.5 Å². The van der Waals surface area contributed by atoms with Crippen molar-refractivity contribution in [3.8, 4) is 0 Å². The van der Waals surface area contributed by atoms with Crippen LogP contribution in [0.4, 0.5) is 0 Å². The first kappa shape index (κ1) is 16.6. The molecule has 0 saturated heterocycles. The molecule has 0 saturated carbocycles. The summed E-state index contributed by atoms with van der Waals surface area (Å²) >= 11 is 1.71. The number of aromatic nitrogens is 2. The summed E-state index contributed by atoms with van der Waals surface area (Å²) < 4.78 is 1.26. The van der Waals surface area contributed by atoms with Crippen LogP contribution in [0.25, 0.3) is 10.2 Å². The molecule has 0 bridgehead atoms. The number of pyridine rings is 1. The summed E-state index contributed by atoms with van der Waals surface area (Å²) in [7, 11) is 1.97. The molecule has 25 heavy (non-hydrogen) atoms. The second kappa shape index (κ2) is 7.20. The minimum Gasteiger partial charge on any atom is -0.314 e. The standard InChI is InChI=1S/C20H24N4S/c1-14(16-4-6-20-19(11-16)22-13-25-20)24-9-7-15-3-5-17(12-21-2)23-18(15)8-10-24/h3-6,11,13-14,21H,7-10,12H2,1-2H3. The molecule has 5 heteroatoms. The van der Waals surface area contributed by atoms with Gasteiger partial charge in [-0.2, -0.15) is 0 Å². The molecule has 0 spiro atoms. The third kappa shape index (κ3) is 3.45. The lowest BCUT2D eigenvalue weighted by molar-refractivity contribution is 0.221. The first-order valence-corrected chi connectivity index (χ1v) is 9.82. The summed E-state index contributed by atoms with van der Waals surface area (Å²) in [5, 5.41) is 3.19. The summed E-state index contributed by atoms with van der Waals surface area (Å²) in [6, 6.07) is 11.5. The fourth-order valence-corrected chi connectivity index (χ4v) is 4.32. The fraction of sp³-hybridized carbons (Fsp3) is 0.400. The van der Waals surface area contributed by atoms with Crippen LogP contribution in [-0.2, 0) is 19.4 Å². The molecule has 0 radical (unpaired) electrons. The SMILES string of the molecule is CNCc1ccc2c(n1)CCN(C(C)c1ccc3scnc3c1)CC2. The van der Waals surface area contributed by atoms with Gasteiger partial charge < -0.3 is 5.32 Å². The average Bonchev–Trinajstić information content (AvgIpc) is 3.00. The van der Waals surface area contributed by atoms with Crippen molar-refractivity contribution in [2.75, 3.05) is 20.1 Å². The van der Waals surface area contributed by atoms with Crippen LogP contribution in [0.5, 0.6) is 0 Å². The van der Waals surface area contributed by atoms with Gasteiger partial charge in [0.25, 0.3) is 0 Å². The van der Waals surface area contributed by atoms with Gasteiger partial charge >= 0.3 is 0 Å². The highest BCUT2D eigenvalue weighted by Crippen LogP contribution is 2.27. The molecule has 0 amide bonds. The van der Waals surface area contributed by atoms with Gasteiger partial charge in [0, 0.05) is 37.8 Å². The number of benzene rings is 1. The monoisotopic (exact) mass is 352 g/mol. The molecule has 4 nitrogen and oxygen atoms in total. The number of thiazole rings is 1. The first-order chi connectivity index (χ1) is 12.2. The predicted octanol–water partition coefficient (Wildman–Crippen LogP) is 3.57. The van der Waals surface area contributed by atoms with E-state index in [1.807, 2.05) is 12.6 Å². The predicted molar refractivity (Wildman–Crippen MR) is 104 cm³/mol. The zero-order valence-corrected chi connectivity index (χ0v) is 15.6. The second-order valence-electron chi connectivity index (χ2n) is 6.73. The van der Waals surface area contributed by atoms with E-state index in [1.54, 1.807) is 11.3 Å². The lowest BCUT2D eigenvalue weighted by atomic mass is 10.1. The van der Waals surface area contributed by atoms with Gasteiger partial charge in [-0.25, -0.2) is 4.98 Å². The van der Waals surface area contributed by atoms with Crippen molar-refractivity contribution in [2.24, 2.45) is 0 Å². The molecule has 130 valence electrons. The molecule has 3 aromatic rings. The van der Waals surface area contributed by atoms with Crippen molar-refractivity contribution in [3.05, 3.63) is 58.4 Å². The Labute approximate surface area is 152 Å². The molecule has 3 heterocycles. The molecule has 0 fully saturated rings. The van der Waals surface area contributed by atoms with Crippen molar-refractivity contribution in [2.45, 2.75) is 32.4 Å². The molecule has 1 unspecified atom stereocenters. The van der Waals surface area contributed by atoms with Crippen molar-refractivity contribution in [1.29, 1.82) is 0 Å².